The Morgan fingerprint density at radius 1 is 1.44 bits per heavy atom. The van der Waals surface area contributed by atoms with E-state index in [-0.39, 0.29) is 0 Å². The number of aryl methyl sites for hydroxylation is 1. The zero-order valence-electron chi connectivity index (χ0n) is 13.9. The number of anilines is 1. The van der Waals surface area contributed by atoms with Crippen LogP contribution in [0, 0.1) is 0 Å². The number of carbonyl (C=O) groups excluding carboxylic acids is 1. The van der Waals surface area contributed by atoms with E-state index in [9.17, 15) is 9.90 Å². The first-order valence-corrected chi connectivity index (χ1v) is 8.95. The summed E-state index contributed by atoms with van der Waals surface area (Å²) in [6, 6.07) is 0. The van der Waals surface area contributed by atoms with E-state index in [0.29, 0.717) is 24.2 Å². The highest BCUT2D eigenvalue weighted by atomic mass is 32.1. The van der Waals surface area contributed by atoms with Gasteiger partial charge in [-0.25, -0.2) is 14.8 Å². The molecule has 1 fully saturated rings. The number of hydrogen-bond donors (Lipinski definition) is 2. The average Bonchev–Trinajstić information content (AvgIpc) is 3.24. The Hall–Kier alpha value is -2.45. The molecule has 0 aromatic carbocycles. The summed E-state index contributed by atoms with van der Waals surface area (Å²) in [4.78, 5) is 25.8. The van der Waals surface area contributed by atoms with Crippen molar-refractivity contribution in [2.75, 3.05) is 25.1 Å². The highest BCUT2D eigenvalue weighted by molar-refractivity contribution is 7.08. The number of rotatable bonds is 4. The molecule has 0 atom stereocenters. The van der Waals surface area contributed by atoms with Gasteiger partial charge in [-0.15, -0.1) is 0 Å². The van der Waals surface area contributed by atoms with Crippen LogP contribution in [0.15, 0.2) is 23.3 Å². The van der Waals surface area contributed by atoms with E-state index in [0.717, 1.165) is 28.8 Å². The lowest BCUT2D eigenvalue weighted by Gasteiger charge is -2.47. The van der Waals surface area contributed by atoms with Crippen molar-refractivity contribution in [1.82, 2.24) is 15.0 Å². The number of methoxy groups -OCH3 is 1. The molecule has 130 valence electrons. The lowest BCUT2D eigenvalue weighted by Crippen LogP contribution is -2.60. The van der Waals surface area contributed by atoms with E-state index in [1.54, 1.807) is 5.38 Å². The van der Waals surface area contributed by atoms with Crippen molar-refractivity contribution in [1.29, 1.82) is 0 Å². The zero-order valence-corrected chi connectivity index (χ0v) is 14.8. The minimum absolute atomic E-state index is 0.369. The second kappa shape index (κ2) is 5.82. The molecule has 3 aromatic heterocycles. The molecule has 0 spiro atoms. The molecular weight excluding hydrogens is 340 g/mol. The fourth-order valence-electron chi connectivity index (χ4n) is 3.36. The second-order valence-corrected chi connectivity index (χ2v) is 6.91. The summed E-state index contributed by atoms with van der Waals surface area (Å²) in [5.41, 5.74) is 1.91. The Labute approximate surface area is 148 Å². The Bertz CT molecular complexity index is 942. The normalized spacial score (nSPS) is 16.0. The number of nitrogens with zero attached hydrogens (tertiary/aromatic N) is 3. The van der Waals surface area contributed by atoms with Crippen LogP contribution in [0.25, 0.3) is 11.0 Å². The van der Waals surface area contributed by atoms with E-state index in [2.05, 4.69) is 21.9 Å². The van der Waals surface area contributed by atoms with Gasteiger partial charge >= 0.3 is 5.97 Å². The van der Waals surface area contributed by atoms with Crippen LogP contribution < -0.4 is 4.90 Å². The Morgan fingerprint density at radius 2 is 2.24 bits per heavy atom. The van der Waals surface area contributed by atoms with Crippen LogP contribution in [0.5, 0.6) is 0 Å². The summed E-state index contributed by atoms with van der Waals surface area (Å²) >= 11 is 1.38. The third kappa shape index (κ3) is 2.40. The molecule has 0 bridgehead atoms. The van der Waals surface area contributed by atoms with Gasteiger partial charge in [0, 0.05) is 17.1 Å². The van der Waals surface area contributed by atoms with Gasteiger partial charge in [0.15, 0.2) is 0 Å². The topological polar surface area (TPSA) is 91.3 Å². The number of thiophene rings is 1. The van der Waals surface area contributed by atoms with Crippen LogP contribution >= 0.6 is 11.3 Å². The molecular formula is C17H18N4O3S. The number of esters is 1. The number of nitrogens with one attached hydrogen (secondary N) is 1. The van der Waals surface area contributed by atoms with E-state index in [1.807, 2.05) is 16.5 Å². The SMILES string of the molecule is CCc1c[nH]c2ncnc(N3CC(O)(c4cscc4C(=O)OC)C3)c12. The molecule has 1 aliphatic heterocycles. The maximum atomic E-state index is 11.9. The summed E-state index contributed by atoms with van der Waals surface area (Å²) in [5.74, 6) is 0.383. The third-order valence-corrected chi connectivity index (χ3v) is 5.43. The highest BCUT2D eigenvalue weighted by Gasteiger charge is 2.46. The quantitative estimate of drug-likeness (QED) is 0.694. The van der Waals surface area contributed by atoms with Crippen LogP contribution in [0.2, 0.25) is 0 Å². The number of β-amino-alcohol motifs (C(OH)–C–C–N with tert-alkyl or cyclic N) is 1. The Morgan fingerprint density at radius 3 is 2.96 bits per heavy atom. The zero-order chi connectivity index (χ0) is 17.6. The van der Waals surface area contributed by atoms with Crippen molar-refractivity contribution in [2.45, 2.75) is 18.9 Å². The number of aliphatic hydroxyl groups is 1. The fraction of sp³-hybridized carbons (Fsp3) is 0.353. The van der Waals surface area contributed by atoms with Gasteiger partial charge in [0.1, 0.15) is 23.4 Å². The van der Waals surface area contributed by atoms with Crippen molar-refractivity contribution in [3.8, 4) is 0 Å². The van der Waals surface area contributed by atoms with Crippen molar-refractivity contribution in [3.05, 3.63) is 40.0 Å². The number of H-pyrrole nitrogens is 1. The number of carbonyl (C=O) groups is 1. The van der Waals surface area contributed by atoms with E-state index < -0.39 is 11.6 Å². The monoisotopic (exact) mass is 358 g/mol. The smallest absolute Gasteiger partial charge is 0.339 e. The number of aromatic nitrogens is 3. The van der Waals surface area contributed by atoms with Crippen molar-refractivity contribution in [3.63, 3.8) is 0 Å². The van der Waals surface area contributed by atoms with Gasteiger partial charge in [-0.05, 0) is 17.4 Å². The van der Waals surface area contributed by atoms with E-state index in [4.69, 9.17) is 4.74 Å². The van der Waals surface area contributed by atoms with Crippen molar-refractivity contribution in [2.24, 2.45) is 0 Å². The van der Waals surface area contributed by atoms with Gasteiger partial charge in [-0.3, -0.25) is 0 Å². The van der Waals surface area contributed by atoms with Gasteiger partial charge < -0.3 is 19.7 Å². The predicted octanol–water partition coefficient (Wildman–Crippen LogP) is 2.08. The summed E-state index contributed by atoms with van der Waals surface area (Å²) in [6.07, 6.45) is 4.34. The Balaban J connectivity index is 1.65. The Kier molecular flexibility index (Phi) is 3.73. The summed E-state index contributed by atoms with van der Waals surface area (Å²) in [6.45, 7) is 2.82. The number of hydrogen-bond acceptors (Lipinski definition) is 7. The van der Waals surface area contributed by atoms with Gasteiger partial charge in [0.2, 0.25) is 0 Å². The minimum atomic E-state index is -1.08. The molecule has 25 heavy (non-hydrogen) atoms. The molecule has 4 rings (SSSR count). The molecule has 2 N–H and O–H groups in total. The summed E-state index contributed by atoms with van der Waals surface area (Å²) < 4.78 is 4.81. The average molecular weight is 358 g/mol. The summed E-state index contributed by atoms with van der Waals surface area (Å²) in [5, 5.41) is 15.5. The van der Waals surface area contributed by atoms with Crippen LogP contribution in [0.3, 0.4) is 0 Å². The predicted molar refractivity (Wildman–Crippen MR) is 95.0 cm³/mol. The number of ether oxygens (including phenoxy) is 1. The first-order valence-electron chi connectivity index (χ1n) is 8.00. The van der Waals surface area contributed by atoms with Crippen LogP contribution in [-0.2, 0) is 16.8 Å². The first-order chi connectivity index (χ1) is 12.1. The standard InChI is InChI=1S/C17H18N4O3S/c1-3-10-4-18-14-13(10)15(20-9-19-14)21-7-17(23,8-21)12-6-25-5-11(12)16(22)24-2/h4-6,9,23H,3,7-8H2,1-2H3,(H,18,19,20). The van der Waals surface area contributed by atoms with Crippen LogP contribution in [0.4, 0.5) is 5.82 Å². The molecule has 0 aliphatic carbocycles. The van der Waals surface area contributed by atoms with Crippen LogP contribution in [-0.4, -0.2) is 46.2 Å². The van der Waals surface area contributed by atoms with Gasteiger partial charge in [-0.2, -0.15) is 11.3 Å². The van der Waals surface area contributed by atoms with Crippen LogP contribution in [0.1, 0.15) is 28.4 Å². The maximum absolute atomic E-state index is 11.9. The molecule has 1 aliphatic rings. The first kappa shape index (κ1) is 16.0. The molecule has 3 aromatic rings. The van der Waals surface area contributed by atoms with E-state index >= 15 is 0 Å². The molecule has 0 radical (unpaired) electrons. The minimum Gasteiger partial charge on any atom is -0.465 e. The van der Waals surface area contributed by atoms with Crippen molar-refractivity contribution >= 4 is 34.2 Å². The molecule has 4 heterocycles. The fourth-order valence-corrected chi connectivity index (χ4v) is 4.27. The van der Waals surface area contributed by atoms with Gasteiger partial charge in [-0.1, -0.05) is 6.92 Å². The third-order valence-electron chi connectivity index (χ3n) is 4.69. The van der Waals surface area contributed by atoms with Gasteiger partial charge in [0.05, 0.1) is 31.1 Å². The number of aromatic amines is 1. The molecule has 0 amide bonds. The second-order valence-electron chi connectivity index (χ2n) is 6.17. The lowest BCUT2D eigenvalue weighted by atomic mass is 9.85. The van der Waals surface area contributed by atoms with Gasteiger partial charge in [0.25, 0.3) is 0 Å². The molecule has 8 heteroatoms. The maximum Gasteiger partial charge on any atom is 0.339 e. The largest absolute Gasteiger partial charge is 0.465 e. The number of fused-ring (bicyclic) bond motifs is 1. The molecule has 7 nitrogen and oxygen atoms in total. The molecule has 0 unspecified atom stereocenters. The molecule has 1 saturated heterocycles. The van der Waals surface area contributed by atoms with Crippen molar-refractivity contribution < 1.29 is 14.6 Å². The highest BCUT2D eigenvalue weighted by Crippen LogP contribution is 2.40. The summed E-state index contributed by atoms with van der Waals surface area (Å²) in [7, 11) is 1.34. The lowest BCUT2D eigenvalue weighted by molar-refractivity contribution is 0.00582. The van der Waals surface area contributed by atoms with E-state index in [1.165, 1.54) is 24.8 Å². The molecule has 0 saturated carbocycles.